The molecule has 0 aliphatic rings. The van der Waals surface area contributed by atoms with Gasteiger partial charge in [0.05, 0.1) is 0 Å². The number of nitrogens with one attached hydrogen (secondary N) is 1. The summed E-state index contributed by atoms with van der Waals surface area (Å²) in [5.41, 5.74) is 1.29. The van der Waals surface area contributed by atoms with Crippen LogP contribution in [0.15, 0.2) is 40.9 Å². The summed E-state index contributed by atoms with van der Waals surface area (Å²) in [4.78, 5) is 2.74. The van der Waals surface area contributed by atoms with Gasteiger partial charge in [-0.05, 0) is 43.3 Å². The summed E-state index contributed by atoms with van der Waals surface area (Å²) in [6, 6.07) is 13.4. The summed E-state index contributed by atoms with van der Waals surface area (Å²) in [5.74, 6) is 0. The fourth-order valence-electron chi connectivity index (χ4n) is 1.86. The third kappa shape index (κ3) is 2.97. The molecule has 1 N–H and O–H groups in total. The van der Waals surface area contributed by atoms with Crippen molar-refractivity contribution in [2.75, 3.05) is 7.05 Å². The molecule has 0 saturated carbocycles. The van der Waals surface area contributed by atoms with Crippen molar-refractivity contribution in [3.8, 4) is 10.4 Å². The van der Waals surface area contributed by atoms with Crippen molar-refractivity contribution in [2.45, 2.75) is 19.4 Å². The second kappa shape index (κ2) is 5.80. The van der Waals surface area contributed by atoms with Crippen LogP contribution in [-0.2, 0) is 0 Å². The van der Waals surface area contributed by atoms with Crippen LogP contribution >= 0.6 is 27.3 Å². The van der Waals surface area contributed by atoms with Crippen LogP contribution in [0, 0.1) is 0 Å². The van der Waals surface area contributed by atoms with Gasteiger partial charge in [0.25, 0.3) is 0 Å². The van der Waals surface area contributed by atoms with Gasteiger partial charge >= 0.3 is 0 Å². The van der Waals surface area contributed by atoms with Gasteiger partial charge in [-0.3, -0.25) is 0 Å². The first-order valence-electron chi connectivity index (χ1n) is 5.77. The summed E-state index contributed by atoms with van der Waals surface area (Å²) in [7, 11) is 2.02. The van der Waals surface area contributed by atoms with Gasteiger partial charge in [-0.1, -0.05) is 35.0 Å². The van der Waals surface area contributed by atoms with E-state index in [-0.39, 0.29) is 0 Å². The molecule has 0 spiro atoms. The molecule has 90 valence electrons. The number of hydrogen-bond donors (Lipinski definition) is 1. The first kappa shape index (κ1) is 12.8. The van der Waals surface area contributed by atoms with Gasteiger partial charge in [-0.15, -0.1) is 11.3 Å². The van der Waals surface area contributed by atoms with Gasteiger partial charge in [0.1, 0.15) is 0 Å². The second-order valence-electron chi connectivity index (χ2n) is 3.96. The van der Waals surface area contributed by atoms with Crippen molar-refractivity contribution in [1.82, 2.24) is 5.32 Å². The fraction of sp³-hybridized carbons (Fsp3) is 0.286. The van der Waals surface area contributed by atoms with Crippen LogP contribution in [0.1, 0.15) is 24.3 Å². The molecule has 0 bridgehead atoms. The molecule has 0 amide bonds. The maximum atomic E-state index is 3.46. The molecular formula is C14H16BrNS. The Morgan fingerprint density at radius 3 is 2.47 bits per heavy atom. The average molecular weight is 310 g/mol. The Kier molecular flexibility index (Phi) is 4.37. The largest absolute Gasteiger partial charge is 0.312 e. The maximum Gasteiger partial charge on any atom is 0.0409 e. The molecule has 1 aromatic heterocycles. The van der Waals surface area contributed by atoms with Crippen LogP contribution in [0.4, 0.5) is 0 Å². The lowest BCUT2D eigenvalue weighted by Crippen LogP contribution is -2.13. The summed E-state index contributed by atoms with van der Waals surface area (Å²) < 4.78 is 1.12. The highest BCUT2D eigenvalue weighted by Crippen LogP contribution is 2.32. The first-order valence-corrected chi connectivity index (χ1v) is 7.38. The second-order valence-corrected chi connectivity index (χ2v) is 5.99. The highest BCUT2D eigenvalue weighted by Gasteiger charge is 2.10. The van der Waals surface area contributed by atoms with E-state index in [1.807, 2.05) is 18.4 Å². The molecule has 1 aromatic carbocycles. The van der Waals surface area contributed by atoms with Crippen LogP contribution in [0.5, 0.6) is 0 Å². The van der Waals surface area contributed by atoms with Crippen molar-refractivity contribution in [3.05, 3.63) is 45.7 Å². The molecule has 17 heavy (non-hydrogen) atoms. The molecule has 2 rings (SSSR count). The molecule has 0 aliphatic carbocycles. The number of rotatable bonds is 4. The first-order chi connectivity index (χ1) is 8.24. The number of thiophene rings is 1. The van der Waals surface area contributed by atoms with E-state index in [2.05, 4.69) is 64.6 Å². The van der Waals surface area contributed by atoms with E-state index in [4.69, 9.17) is 0 Å². The van der Waals surface area contributed by atoms with E-state index < -0.39 is 0 Å². The van der Waals surface area contributed by atoms with E-state index in [9.17, 15) is 0 Å². The lowest BCUT2D eigenvalue weighted by atomic mass is 10.1. The average Bonchev–Trinajstić information content (AvgIpc) is 2.81. The minimum Gasteiger partial charge on any atom is -0.312 e. The van der Waals surface area contributed by atoms with E-state index in [0.29, 0.717) is 6.04 Å². The van der Waals surface area contributed by atoms with Crippen LogP contribution < -0.4 is 5.32 Å². The summed E-state index contributed by atoms with van der Waals surface area (Å²) >= 11 is 5.33. The SMILES string of the molecule is CCC(NC)c1ccc(-c2ccc(Br)cc2)s1. The molecule has 0 fully saturated rings. The molecule has 1 atom stereocenters. The van der Waals surface area contributed by atoms with E-state index in [1.54, 1.807) is 0 Å². The van der Waals surface area contributed by atoms with Crippen molar-refractivity contribution in [3.63, 3.8) is 0 Å². The zero-order valence-electron chi connectivity index (χ0n) is 10.0. The third-order valence-electron chi connectivity index (χ3n) is 2.86. The highest BCUT2D eigenvalue weighted by atomic mass is 79.9. The maximum absolute atomic E-state index is 3.46. The van der Waals surface area contributed by atoms with E-state index in [1.165, 1.54) is 15.3 Å². The van der Waals surface area contributed by atoms with Gasteiger partial charge in [0.2, 0.25) is 0 Å². The van der Waals surface area contributed by atoms with Gasteiger partial charge in [0.15, 0.2) is 0 Å². The smallest absolute Gasteiger partial charge is 0.0409 e. The Hall–Kier alpha value is -0.640. The van der Waals surface area contributed by atoms with Crippen LogP contribution in [0.3, 0.4) is 0 Å². The normalized spacial score (nSPS) is 12.6. The monoisotopic (exact) mass is 309 g/mol. The number of halogens is 1. The van der Waals surface area contributed by atoms with E-state index >= 15 is 0 Å². The fourth-order valence-corrected chi connectivity index (χ4v) is 3.33. The Morgan fingerprint density at radius 1 is 1.18 bits per heavy atom. The molecule has 1 nitrogen and oxygen atoms in total. The molecule has 1 unspecified atom stereocenters. The molecular weight excluding hydrogens is 294 g/mol. The van der Waals surface area contributed by atoms with Crippen LogP contribution in [-0.4, -0.2) is 7.05 Å². The summed E-state index contributed by atoms with van der Waals surface area (Å²) in [6.07, 6.45) is 1.12. The predicted molar refractivity (Wildman–Crippen MR) is 79.5 cm³/mol. The Morgan fingerprint density at radius 2 is 1.88 bits per heavy atom. The number of benzene rings is 1. The standard InChI is InChI=1S/C14H16BrNS/c1-3-12(16-2)14-9-8-13(17-14)10-4-6-11(15)7-5-10/h4-9,12,16H,3H2,1-2H3. The number of hydrogen-bond acceptors (Lipinski definition) is 2. The lowest BCUT2D eigenvalue weighted by molar-refractivity contribution is 0.586. The molecule has 3 heteroatoms. The minimum atomic E-state index is 0.476. The van der Waals surface area contributed by atoms with Crippen molar-refractivity contribution in [2.24, 2.45) is 0 Å². The molecule has 0 aliphatic heterocycles. The lowest BCUT2D eigenvalue weighted by Gasteiger charge is -2.10. The third-order valence-corrected chi connectivity index (χ3v) is 4.63. The Balaban J connectivity index is 2.26. The van der Waals surface area contributed by atoms with Gasteiger partial charge in [-0.25, -0.2) is 0 Å². The minimum absolute atomic E-state index is 0.476. The Bertz CT molecular complexity index is 471. The highest BCUT2D eigenvalue weighted by molar-refractivity contribution is 9.10. The molecule has 2 aromatic rings. The van der Waals surface area contributed by atoms with Crippen LogP contribution in [0.2, 0.25) is 0 Å². The van der Waals surface area contributed by atoms with Crippen LogP contribution in [0.25, 0.3) is 10.4 Å². The molecule has 0 saturated heterocycles. The van der Waals surface area contributed by atoms with Gasteiger partial charge in [0, 0.05) is 20.3 Å². The molecule has 1 heterocycles. The topological polar surface area (TPSA) is 12.0 Å². The Labute approximate surface area is 115 Å². The zero-order chi connectivity index (χ0) is 12.3. The summed E-state index contributed by atoms with van der Waals surface area (Å²) in [6.45, 7) is 2.21. The quantitative estimate of drug-likeness (QED) is 0.851. The van der Waals surface area contributed by atoms with Crippen molar-refractivity contribution in [1.29, 1.82) is 0 Å². The van der Waals surface area contributed by atoms with Gasteiger partial charge in [-0.2, -0.15) is 0 Å². The summed E-state index contributed by atoms with van der Waals surface area (Å²) in [5, 5.41) is 3.34. The van der Waals surface area contributed by atoms with Crippen molar-refractivity contribution < 1.29 is 0 Å². The molecule has 0 radical (unpaired) electrons. The van der Waals surface area contributed by atoms with Gasteiger partial charge < -0.3 is 5.32 Å². The van der Waals surface area contributed by atoms with E-state index in [0.717, 1.165) is 10.9 Å². The predicted octanol–water partition coefficient (Wildman–Crippen LogP) is 4.85. The van der Waals surface area contributed by atoms with Crippen molar-refractivity contribution >= 4 is 27.3 Å². The zero-order valence-corrected chi connectivity index (χ0v) is 12.4.